The molecule has 0 unspecified atom stereocenters. The van der Waals surface area contributed by atoms with Gasteiger partial charge in [-0.05, 0) is 30.3 Å². The van der Waals surface area contributed by atoms with Crippen LogP contribution in [0.2, 0.25) is 5.02 Å². The molecule has 8 heteroatoms. The van der Waals surface area contributed by atoms with Crippen molar-refractivity contribution in [3.8, 4) is 11.5 Å². The van der Waals surface area contributed by atoms with Crippen LogP contribution in [-0.4, -0.2) is 34.3 Å². The molecular formula is C16H16ClNO5S. The number of carbonyl (C=O) groups is 1. The first kappa shape index (κ1) is 18.1. The van der Waals surface area contributed by atoms with Gasteiger partial charge in [0.1, 0.15) is 0 Å². The Balaban J connectivity index is 2.07. The molecule has 0 aliphatic heterocycles. The second-order valence-electron chi connectivity index (χ2n) is 4.90. The van der Waals surface area contributed by atoms with Crippen LogP contribution in [0.3, 0.4) is 0 Å². The maximum absolute atomic E-state index is 12.0. The van der Waals surface area contributed by atoms with Gasteiger partial charge >= 0.3 is 0 Å². The molecular weight excluding hydrogens is 354 g/mol. The van der Waals surface area contributed by atoms with Gasteiger partial charge in [0.25, 0.3) is 5.91 Å². The first-order valence-corrected chi connectivity index (χ1v) is 9.13. The summed E-state index contributed by atoms with van der Waals surface area (Å²) in [4.78, 5) is 12.1. The summed E-state index contributed by atoms with van der Waals surface area (Å²) >= 11 is 5.98. The summed E-state index contributed by atoms with van der Waals surface area (Å²) in [6, 6.07) is 11.0. The van der Waals surface area contributed by atoms with Crippen molar-refractivity contribution in [1.82, 2.24) is 0 Å². The summed E-state index contributed by atoms with van der Waals surface area (Å²) in [6.07, 6.45) is 1.08. The predicted octanol–water partition coefficient (Wildman–Crippen LogP) is 2.77. The molecule has 0 heterocycles. The highest BCUT2D eigenvalue weighted by Crippen LogP contribution is 2.27. The van der Waals surface area contributed by atoms with E-state index >= 15 is 0 Å². The largest absolute Gasteiger partial charge is 0.493 e. The maximum Gasteiger partial charge on any atom is 0.262 e. The first-order valence-electron chi connectivity index (χ1n) is 6.86. The Hall–Kier alpha value is -2.25. The van der Waals surface area contributed by atoms with E-state index in [1.807, 2.05) is 0 Å². The van der Waals surface area contributed by atoms with Gasteiger partial charge in [0.05, 0.1) is 22.7 Å². The van der Waals surface area contributed by atoms with Crippen molar-refractivity contribution in [2.45, 2.75) is 4.90 Å². The van der Waals surface area contributed by atoms with Gasteiger partial charge in [0.2, 0.25) is 0 Å². The van der Waals surface area contributed by atoms with Crippen LogP contribution in [0.1, 0.15) is 0 Å². The molecule has 0 aliphatic carbocycles. The molecule has 0 bridgehead atoms. The molecule has 6 nitrogen and oxygen atoms in total. The summed E-state index contributed by atoms with van der Waals surface area (Å²) in [5.74, 6) is 0.446. The summed E-state index contributed by atoms with van der Waals surface area (Å²) in [7, 11) is -1.90. The highest BCUT2D eigenvalue weighted by Gasteiger charge is 2.13. The molecule has 0 saturated heterocycles. The third-order valence-electron chi connectivity index (χ3n) is 3.07. The molecule has 1 N–H and O–H groups in total. The molecule has 1 amide bonds. The summed E-state index contributed by atoms with van der Waals surface area (Å²) in [6.45, 7) is -0.278. The van der Waals surface area contributed by atoms with E-state index < -0.39 is 15.7 Å². The van der Waals surface area contributed by atoms with E-state index in [1.165, 1.54) is 25.3 Å². The number of carbonyl (C=O) groups excluding carboxylic acids is 1. The number of ether oxygens (including phenoxy) is 2. The van der Waals surface area contributed by atoms with Crippen molar-refractivity contribution in [1.29, 1.82) is 0 Å². The van der Waals surface area contributed by atoms with Gasteiger partial charge in [-0.1, -0.05) is 23.7 Å². The molecule has 0 saturated carbocycles. The number of hydrogen-bond donors (Lipinski definition) is 1. The van der Waals surface area contributed by atoms with Gasteiger partial charge in [0.15, 0.2) is 27.9 Å². The smallest absolute Gasteiger partial charge is 0.262 e. The summed E-state index contributed by atoms with van der Waals surface area (Å²) < 4.78 is 33.7. The van der Waals surface area contributed by atoms with Crippen LogP contribution in [0.4, 0.5) is 5.69 Å². The van der Waals surface area contributed by atoms with Crippen molar-refractivity contribution >= 4 is 33.0 Å². The Morgan fingerprint density at radius 2 is 1.83 bits per heavy atom. The van der Waals surface area contributed by atoms with E-state index in [-0.39, 0.29) is 22.2 Å². The van der Waals surface area contributed by atoms with Gasteiger partial charge in [0, 0.05) is 6.26 Å². The van der Waals surface area contributed by atoms with Gasteiger partial charge in [-0.25, -0.2) is 8.42 Å². The average molecular weight is 370 g/mol. The van der Waals surface area contributed by atoms with E-state index in [4.69, 9.17) is 21.1 Å². The van der Waals surface area contributed by atoms with Crippen molar-refractivity contribution in [3.05, 3.63) is 47.5 Å². The second-order valence-corrected chi connectivity index (χ2v) is 7.32. The molecule has 0 radical (unpaired) electrons. The molecule has 0 atom stereocenters. The number of amides is 1. The Labute approximate surface area is 145 Å². The fraction of sp³-hybridized carbons (Fsp3) is 0.188. The number of benzene rings is 2. The standard InChI is InChI=1S/C16H16ClNO5S/c1-22-14-5-3-4-6-15(14)23-10-16(19)18-13-9-11(24(2,20)21)7-8-12(13)17/h3-9H,10H2,1-2H3,(H,18,19). The number of nitrogens with one attached hydrogen (secondary N) is 1. The number of methoxy groups -OCH3 is 1. The quantitative estimate of drug-likeness (QED) is 0.846. The summed E-state index contributed by atoms with van der Waals surface area (Å²) in [5, 5.41) is 2.76. The number of rotatable bonds is 6. The minimum absolute atomic E-state index is 0.0628. The third-order valence-corrected chi connectivity index (χ3v) is 4.51. The molecule has 0 aliphatic rings. The van der Waals surface area contributed by atoms with Crippen molar-refractivity contribution < 1.29 is 22.7 Å². The number of anilines is 1. The van der Waals surface area contributed by atoms with Crippen LogP contribution in [0.25, 0.3) is 0 Å². The van der Waals surface area contributed by atoms with Gasteiger partial charge in [-0.2, -0.15) is 0 Å². The second kappa shape index (κ2) is 7.55. The Morgan fingerprint density at radius 3 is 2.46 bits per heavy atom. The van der Waals surface area contributed by atoms with E-state index in [1.54, 1.807) is 24.3 Å². The number of hydrogen-bond acceptors (Lipinski definition) is 5. The molecule has 0 aromatic heterocycles. The lowest BCUT2D eigenvalue weighted by molar-refractivity contribution is -0.118. The normalized spacial score (nSPS) is 11.0. The van der Waals surface area contributed by atoms with Crippen LogP contribution in [0, 0.1) is 0 Å². The highest BCUT2D eigenvalue weighted by atomic mass is 35.5. The first-order chi connectivity index (χ1) is 11.3. The van der Waals surface area contributed by atoms with Crippen molar-refractivity contribution in [2.75, 3.05) is 25.3 Å². The number of para-hydroxylation sites is 2. The SMILES string of the molecule is COc1ccccc1OCC(=O)Nc1cc(S(C)(=O)=O)ccc1Cl. The molecule has 0 fully saturated rings. The van der Waals surface area contributed by atoms with E-state index in [0.29, 0.717) is 11.5 Å². The van der Waals surface area contributed by atoms with E-state index in [0.717, 1.165) is 6.26 Å². The lowest BCUT2D eigenvalue weighted by atomic mass is 10.3. The highest BCUT2D eigenvalue weighted by molar-refractivity contribution is 7.90. The fourth-order valence-corrected chi connectivity index (χ4v) is 2.71. The van der Waals surface area contributed by atoms with Crippen molar-refractivity contribution in [3.63, 3.8) is 0 Å². The Bertz CT molecular complexity index is 851. The van der Waals surface area contributed by atoms with Crippen molar-refractivity contribution in [2.24, 2.45) is 0 Å². The van der Waals surface area contributed by atoms with Crippen LogP contribution in [0.15, 0.2) is 47.4 Å². The van der Waals surface area contributed by atoms with Crippen LogP contribution in [0.5, 0.6) is 11.5 Å². The van der Waals surface area contributed by atoms with Gasteiger partial charge < -0.3 is 14.8 Å². The molecule has 0 spiro atoms. The minimum Gasteiger partial charge on any atom is -0.493 e. The summed E-state index contributed by atoms with van der Waals surface area (Å²) in [5.41, 5.74) is 0.202. The Morgan fingerprint density at radius 1 is 1.17 bits per heavy atom. The van der Waals surface area contributed by atoms with Crippen LogP contribution < -0.4 is 14.8 Å². The zero-order valence-corrected chi connectivity index (χ0v) is 14.6. The third kappa shape index (κ3) is 4.62. The molecule has 24 heavy (non-hydrogen) atoms. The van der Waals surface area contributed by atoms with Crippen LogP contribution in [-0.2, 0) is 14.6 Å². The monoisotopic (exact) mass is 369 g/mol. The minimum atomic E-state index is -3.40. The average Bonchev–Trinajstić information content (AvgIpc) is 2.54. The van der Waals surface area contributed by atoms with Gasteiger partial charge in [-0.15, -0.1) is 0 Å². The molecule has 2 aromatic carbocycles. The molecule has 128 valence electrons. The van der Waals surface area contributed by atoms with Crippen LogP contribution >= 0.6 is 11.6 Å². The van der Waals surface area contributed by atoms with E-state index in [9.17, 15) is 13.2 Å². The predicted molar refractivity (Wildman–Crippen MR) is 91.7 cm³/mol. The molecule has 2 rings (SSSR count). The molecule has 2 aromatic rings. The zero-order valence-electron chi connectivity index (χ0n) is 13.1. The van der Waals surface area contributed by atoms with Gasteiger partial charge in [-0.3, -0.25) is 4.79 Å². The topological polar surface area (TPSA) is 81.7 Å². The maximum atomic E-state index is 12.0. The van der Waals surface area contributed by atoms with E-state index in [2.05, 4.69) is 5.32 Å². The lowest BCUT2D eigenvalue weighted by Gasteiger charge is -2.11. The Kier molecular flexibility index (Phi) is 5.69. The number of sulfone groups is 1. The lowest BCUT2D eigenvalue weighted by Crippen LogP contribution is -2.20. The fourth-order valence-electron chi connectivity index (χ4n) is 1.90. The zero-order chi connectivity index (χ0) is 17.7. The number of halogens is 1.